The third kappa shape index (κ3) is 4.54. The molecule has 0 heterocycles. The van der Waals surface area contributed by atoms with Crippen LogP contribution in [0.15, 0.2) is 18.2 Å². The number of alkyl halides is 6. The van der Waals surface area contributed by atoms with E-state index in [0.29, 0.717) is 0 Å². The first-order valence-electron chi connectivity index (χ1n) is 8.50. The molecule has 2 aromatic carbocycles. The Kier molecular flexibility index (Phi) is 4.89. The second-order valence-corrected chi connectivity index (χ2v) is 8.34. The van der Waals surface area contributed by atoms with Crippen LogP contribution < -0.4 is 13.1 Å². The van der Waals surface area contributed by atoms with Crippen LogP contribution in [-0.2, 0) is 20.2 Å². The number of halogens is 7. The zero-order valence-electron chi connectivity index (χ0n) is 17.0. The molecule has 2 rings (SSSR count). The van der Waals surface area contributed by atoms with Crippen LogP contribution in [0.25, 0.3) is 10.8 Å². The predicted octanol–water partition coefficient (Wildman–Crippen LogP) is 3.32. The van der Waals surface area contributed by atoms with Crippen molar-refractivity contribution >= 4 is 31.0 Å². The topological polar surface area (TPSA) is 120 Å². The maximum absolute atomic E-state index is 14.3. The molecule has 170 valence electrons. The summed E-state index contributed by atoms with van der Waals surface area (Å²) >= 11 is 0. The molecule has 0 saturated carbocycles. The second kappa shape index (κ2) is 7.60. The first kappa shape index (κ1) is 19.9. The summed E-state index contributed by atoms with van der Waals surface area (Å²) < 4.78 is 169. The van der Waals surface area contributed by atoms with Crippen LogP contribution in [0.5, 0.6) is 17.2 Å². The van der Waals surface area contributed by atoms with Crippen molar-refractivity contribution in [2.45, 2.75) is 11.0 Å². The lowest BCUT2D eigenvalue weighted by atomic mass is 10.0. The van der Waals surface area contributed by atoms with Crippen molar-refractivity contribution in [3.05, 3.63) is 29.6 Å². The van der Waals surface area contributed by atoms with Crippen molar-refractivity contribution < 1.29 is 64.8 Å². The van der Waals surface area contributed by atoms with E-state index in [9.17, 15) is 47.6 Å². The fourth-order valence-corrected chi connectivity index (χ4v) is 2.98. The second-order valence-electron chi connectivity index (χ2n) is 5.26. The van der Waals surface area contributed by atoms with Crippen LogP contribution in [0, 0.1) is 17.1 Å². The minimum absolute atomic E-state index is 0.111. The summed E-state index contributed by atoms with van der Waals surface area (Å²) in [7, 11) is -16.6. The number of hydrogen-bond acceptors (Lipinski definition) is 8. The van der Waals surface area contributed by atoms with Gasteiger partial charge < -0.3 is 13.1 Å². The molecule has 0 fully saturated rings. The molecular formula is C14H6F7NO7S2. The van der Waals surface area contributed by atoms with E-state index < -0.39 is 77.7 Å². The fourth-order valence-electron chi connectivity index (χ4n) is 2.07. The van der Waals surface area contributed by atoms with Crippen LogP contribution in [0.2, 0.25) is 0 Å². The minimum atomic E-state index is -6.62. The van der Waals surface area contributed by atoms with E-state index in [4.69, 9.17) is 9.37 Å². The Bertz CT molecular complexity index is 1400. The van der Waals surface area contributed by atoms with Crippen molar-refractivity contribution in [1.82, 2.24) is 0 Å². The number of nitriles is 1. The van der Waals surface area contributed by atoms with E-state index in [0.717, 1.165) is 6.07 Å². The molecular weight excluding hydrogens is 491 g/mol. The number of nitrogens with zero attached hydrogens (tertiary/aromatic N) is 1. The number of benzene rings is 2. The quantitative estimate of drug-likeness (QED) is 0.349. The molecule has 0 aliphatic heterocycles. The van der Waals surface area contributed by atoms with Gasteiger partial charge in [0, 0.05) is 6.07 Å². The highest BCUT2D eigenvalue weighted by molar-refractivity contribution is 7.88. The largest absolute Gasteiger partial charge is 0.534 e. The predicted molar refractivity (Wildman–Crippen MR) is 86.4 cm³/mol. The third-order valence-electron chi connectivity index (χ3n) is 3.27. The number of fused-ring (bicyclic) bond motifs is 1. The van der Waals surface area contributed by atoms with E-state index in [-0.39, 0.29) is 18.2 Å². The first-order valence-corrected chi connectivity index (χ1v) is 9.82. The molecule has 0 bridgehead atoms. The monoisotopic (exact) mass is 500 g/mol. The summed E-state index contributed by atoms with van der Waals surface area (Å²) in [6.45, 7) is 0. The Morgan fingerprint density at radius 2 is 1.52 bits per heavy atom. The normalized spacial score (nSPS) is 14.8. The van der Waals surface area contributed by atoms with Crippen molar-refractivity contribution in [2.24, 2.45) is 0 Å². The van der Waals surface area contributed by atoms with Gasteiger partial charge in [-0.2, -0.15) is 48.4 Å². The molecule has 2 aromatic rings. The van der Waals surface area contributed by atoms with Crippen LogP contribution in [0.4, 0.5) is 30.7 Å². The summed E-state index contributed by atoms with van der Waals surface area (Å²) in [5, 5.41) is 6.97. The van der Waals surface area contributed by atoms with Gasteiger partial charge in [-0.3, -0.25) is 0 Å². The zero-order valence-corrected chi connectivity index (χ0v) is 15.6. The molecule has 0 aromatic heterocycles. The molecule has 8 nitrogen and oxygen atoms in total. The van der Waals surface area contributed by atoms with Gasteiger partial charge in [0.05, 0.1) is 16.5 Å². The molecule has 31 heavy (non-hydrogen) atoms. The van der Waals surface area contributed by atoms with E-state index in [1.54, 1.807) is 0 Å². The average molecular weight is 500 g/mol. The highest BCUT2D eigenvalue weighted by Crippen LogP contribution is 2.43. The van der Waals surface area contributed by atoms with E-state index in [1.807, 2.05) is 0 Å². The van der Waals surface area contributed by atoms with Crippen LogP contribution in [0.1, 0.15) is 9.68 Å². The highest BCUT2D eigenvalue weighted by Gasteiger charge is 2.50. The van der Waals surface area contributed by atoms with Crippen LogP contribution >= 0.6 is 0 Å². The summed E-state index contributed by atoms with van der Waals surface area (Å²) in [6, 6.07) is 1.48. The number of methoxy groups -OCH3 is 1. The average Bonchev–Trinajstić information content (AvgIpc) is 2.57. The Morgan fingerprint density at radius 1 is 0.968 bits per heavy atom. The van der Waals surface area contributed by atoms with Gasteiger partial charge in [0.15, 0.2) is 11.5 Å². The molecule has 0 spiro atoms. The zero-order chi connectivity index (χ0) is 26.5. The Labute approximate surface area is 172 Å². The fraction of sp³-hybridized carbons (Fsp3) is 0.214. The third-order valence-corrected chi connectivity index (χ3v) is 5.21. The van der Waals surface area contributed by atoms with E-state index in [1.165, 1.54) is 0 Å². The van der Waals surface area contributed by atoms with Gasteiger partial charge in [0.2, 0.25) is 0 Å². The molecule has 17 heteroatoms. The lowest BCUT2D eigenvalue weighted by molar-refractivity contribution is -0.0502. The van der Waals surface area contributed by atoms with Gasteiger partial charge >= 0.3 is 31.3 Å². The van der Waals surface area contributed by atoms with E-state index >= 15 is 0 Å². The summed E-state index contributed by atoms with van der Waals surface area (Å²) in [4.78, 5) is 0. The van der Waals surface area contributed by atoms with Crippen molar-refractivity contribution in [2.75, 3.05) is 7.04 Å². The van der Waals surface area contributed by atoms with Gasteiger partial charge in [0.25, 0.3) is 0 Å². The standard InChI is InChI=1S/C14H6F7NO7S2/c1-27-12-8(5-22)9(15)3-6-2-7(28-30(23,24)13(16,17)18)4-10(11(6)12)29-31(25,26)14(19,20)21/h2-4H,1H3/i1D3. The van der Waals surface area contributed by atoms with Crippen molar-refractivity contribution in [3.8, 4) is 23.3 Å². The van der Waals surface area contributed by atoms with Crippen molar-refractivity contribution in [1.29, 1.82) is 5.26 Å². The van der Waals surface area contributed by atoms with Crippen LogP contribution in [0.3, 0.4) is 0 Å². The van der Waals surface area contributed by atoms with Crippen LogP contribution in [-0.4, -0.2) is 34.9 Å². The molecule has 0 amide bonds. The highest BCUT2D eigenvalue weighted by atomic mass is 32.2. The smallest absolute Gasteiger partial charge is 0.494 e. The van der Waals surface area contributed by atoms with E-state index in [2.05, 4.69) is 13.1 Å². The lowest BCUT2D eigenvalue weighted by Crippen LogP contribution is -2.29. The molecule has 0 atom stereocenters. The molecule has 0 aliphatic rings. The van der Waals surface area contributed by atoms with Gasteiger partial charge in [-0.1, -0.05) is 0 Å². The maximum Gasteiger partial charge on any atom is 0.534 e. The summed E-state index contributed by atoms with van der Waals surface area (Å²) in [5.41, 5.74) is -13.5. The minimum Gasteiger partial charge on any atom is -0.494 e. The van der Waals surface area contributed by atoms with Gasteiger partial charge in [0.1, 0.15) is 23.2 Å². The molecule has 0 saturated heterocycles. The van der Waals surface area contributed by atoms with Gasteiger partial charge in [-0.15, -0.1) is 0 Å². The first-order chi connectivity index (χ1) is 15.1. The Hall–Kier alpha value is -3.00. The lowest BCUT2D eigenvalue weighted by Gasteiger charge is -2.16. The SMILES string of the molecule is [2H]C([2H])([2H])Oc1c(C#N)c(F)cc2cc(OS(=O)(=O)C(F)(F)F)cc(OS(=O)(=O)C(F)(F)F)c12. The number of rotatable bonds is 5. The Balaban J connectivity index is 2.99. The van der Waals surface area contributed by atoms with Crippen molar-refractivity contribution in [3.63, 3.8) is 0 Å². The van der Waals surface area contributed by atoms with Gasteiger partial charge in [-0.05, 0) is 17.5 Å². The molecule has 0 aliphatic carbocycles. The van der Waals surface area contributed by atoms with Gasteiger partial charge in [-0.25, -0.2) is 4.39 Å². The molecule has 0 unspecified atom stereocenters. The number of ether oxygens (including phenoxy) is 1. The maximum atomic E-state index is 14.3. The molecule has 0 radical (unpaired) electrons. The Morgan fingerprint density at radius 3 is 2.00 bits per heavy atom. The number of hydrogen-bond donors (Lipinski definition) is 0. The summed E-state index contributed by atoms with van der Waals surface area (Å²) in [6.07, 6.45) is 0. The molecule has 0 N–H and O–H groups in total. The summed E-state index contributed by atoms with van der Waals surface area (Å²) in [5.74, 6) is -6.22.